The Labute approximate surface area is 212 Å². The van der Waals surface area contributed by atoms with Crippen LogP contribution in [0.1, 0.15) is 46.0 Å². The predicted octanol–water partition coefficient (Wildman–Crippen LogP) is 4.43. The molecule has 0 spiro atoms. The van der Waals surface area contributed by atoms with Gasteiger partial charge in [0.05, 0.1) is 0 Å². The first-order chi connectivity index (χ1) is 17.4. The second-order valence-electron chi connectivity index (χ2n) is 10.2. The standard InChI is InChI=1S/C27H36N8O/c1-18-16-35(17-19(2)29-18)23-12-10-22(11-13-23)30-26-28-15-20-9-14-24(32-25(20)33-26)34(3)27(36)31-21-7-5-4-6-8-21/h9-15,18-19,21,29H,4-8,16-17H2,1-3H3,(H,31,36)(H,28,30,32,33)/t18-,19+. The number of anilines is 4. The quantitative estimate of drug-likeness (QED) is 0.489. The molecule has 0 unspecified atom stereocenters. The molecular weight excluding hydrogens is 452 g/mol. The lowest BCUT2D eigenvalue weighted by Gasteiger charge is -2.37. The van der Waals surface area contributed by atoms with Crippen molar-refractivity contribution in [3.05, 3.63) is 42.6 Å². The first kappa shape index (κ1) is 24.2. The van der Waals surface area contributed by atoms with Crippen LogP contribution in [0.2, 0.25) is 0 Å². The lowest BCUT2D eigenvalue weighted by atomic mass is 9.96. The van der Waals surface area contributed by atoms with Crippen LogP contribution in [0.15, 0.2) is 42.6 Å². The Morgan fingerprint density at radius 2 is 1.72 bits per heavy atom. The van der Waals surface area contributed by atoms with Crippen LogP contribution in [0, 0.1) is 0 Å². The third kappa shape index (κ3) is 5.67. The summed E-state index contributed by atoms with van der Waals surface area (Å²) in [5.41, 5.74) is 2.67. The van der Waals surface area contributed by atoms with E-state index in [-0.39, 0.29) is 12.1 Å². The molecular formula is C27H36N8O. The Morgan fingerprint density at radius 1 is 1.00 bits per heavy atom. The van der Waals surface area contributed by atoms with E-state index in [1.807, 2.05) is 24.3 Å². The highest BCUT2D eigenvalue weighted by Gasteiger charge is 2.21. The second-order valence-corrected chi connectivity index (χ2v) is 10.2. The normalized spacial score (nSPS) is 20.8. The molecule has 9 heteroatoms. The molecule has 2 atom stereocenters. The molecule has 0 bridgehead atoms. The van der Waals surface area contributed by atoms with Crippen molar-refractivity contribution in [3.8, 4) is 0 Å². The number of urea groups is 1. The van der Waals surface area contributed by atoms with Gasteiger partial charge in [-0.3, -0.25) is 4.90 Å². The predicted molar refractivity (Wildman–Crippen MR) is 145 cm³/mol. The number of pyridine rings is 1. The summed E-state index contributed by atoms with van der Waals surface area (Å²) in [4.78, 5) is 30.4. The number of benzene rings is 1. The number of nitrogens with zero attached hydrogens (tertiary/aromatic N) is 5. The van der Waals surface area contributed by atoms with Gasteiger partial charge in [-0.05, 0) is 63.1 Å². The topological polar surface area (TPSA) is 98.3 Å². The summed E-state index contributed by atoms with van der Waals surface area (Å²) < 4.78 is 0. The van der Waals surface area contributed by atoms with Crippen molar-refractivity contribution in [2.24, 2.45) is 0 Å². The van der Waals surface area contributed by atoms with E-state index in [0.29, 0.717) is 29.5 Å². The van der Waals surface area contributed by atoms with E-state index in [9.17, 15) is 4.79 Å². The van der Waals surface area contributed by atoms with Gasteiger partial charge in [0, 0.05) is 61.2 Å². The van der Waals surface area contributed by atoms with Crippen LogP contribution in [0.25, 0.3) is 11.0 Å². The molecule has 2 fully saturated rings. The third-order valence-electron chi connectivity index (χ3n) is 7.06. The monoisotopic (exact) mass is 488 g/mol. The summed E-state index contributed by atoms with van der Waals surface area (Å²) >= 11 is 0. The molecule has 9 nitrogen and oxygen atoms in total. The summed E-state index contributed by atoms with van der Waals surface area (Å²) in [6.07, 6.45) is 7.44. The minimum Gasteiger partial charge on any atom is -0.368 e. The van der Waals surface area contributed by atoms with E-state index in [1.54, 1.807) is 18.1 Å². The maximum atomic E-state index is 12.8. The summed E-state index contributed by atoms with van der Waals surface area (Å²) in [5, 5.41) is 10.8. The van der Waals surface area contributed by atoms with Crippen molar-refractivity contribution in [1.29, 1.82) is 0 Å². The van der Waals surface area contributed by atoms with Crippen LogP contribution in [0.4, 0.5) is 27.9 Å². The Morgan fingerprint density at radius 3 is 2.44 bits per heavy atom. The molecule has 1 saturated heterocycles. The molecule has 190 valence electrons. The number of piperazine rings is 1. The maximum absolute atomic E-state index is 12.8. The molecule has 0 radical (unpaired) electrons. The SMILES string of the molecule is C[C@@H]1CN(c2ccc(Nc3ncc4ccc(N(C)C(=O)NC5CCCCC5)nc4n3)cc2)C[C@H](C)N1. The van der Waals surface area contributed by atoms with Crippen LogP contribution in [-0.2, 0) is 0 Å². The van der Waals surface area contributed by atoms with E-state index < -0.39 is 0 Å². The molecule has 1 aliphatic carbocycles. The molecule has 1 saturated carbocycles. The Balaban J connectivity index is 1.26. The zero-order valence-corrected chi connectivity index (χ0v) is 21.4. The maximum Gasteiger partial charge on any atom is 0.323 e. The van der Waals surface area contributed by atoms with Crippen molar-refractivity contribution in [3.63, 3.8) is 0 Å². The summed E-state index contributed by atoms with van der Waals surface area (Å²) in [6.45, 7) is 6.42. The Kier molecular flexibility index (Phi) is 7.18. The highest BCUT2D eigenvalue weighted by atomic mass is 16.2. The molecule has 2 aliphatic rings. The minimum atomic E-state index is -0.130. The van der Waals surface area contributed by atoms with Gasteiger partial charge in [-0.2, -0.15) is 4.98 Å². The van der Waals surface area contributed by atoms with Crippen LogP contribution in [-0.4, -0.2) is 59.2 Å². The molecule has 1 aromatic carbocycles. The van der Waals surface area contributed by atoms with Gasteiger partial charge in [-0.25, -0.2) is 14.8 Å². The second kappa shape index (κ2) is 10.7. The number of aromatic nitrogens is 3. The Hall–Kier alpha value is -3.46. The molecule has 3 N–H and O–H groups in total. The van der Waals surface area contributed by atoms with Gasteiger partial charge in [0.15, 0.2) is 5.65 Å². The Bertz CT molecular complexity index is 1180. The fourth-order valence-corrected chi connectivity index (χ4v) is 5.19. The number of nitrogens with one attached hydrogen (secondary N) is 3. The summed E-state index contributed by atoms with van der Waals surface area (Å²) in [5.74, 6) is 1.03. The van der Waals surface area contributed by atoms with E-state index in [0.717, 1.165) is 37.0 Å². The molecule has 3 heterocycles. The zero-order valence-electron chi connectivity index (χ0n) is 21.4. The average Bonchev–Trinajstić information content (AvgIpc) is 2.88. The number of hydrogen-bond donors (Lipinski definition) is 3. The number of fused-ring (bicyclic) bond motifs is 1. The van der Waals surface area contributed by atoms with Crippen molar-refractivity contribution < 1.29 is 4.79 Å². The van der Waals surface area contributed by atoms with Crippen LogP contribution >= 0.6 is 0 Å². The number of hydrogen-bond acceptors (Lipinski definition) is 7. The molecule has 36 heavy (non-hydrogen) atoms. The highest BCUT2D eigenvalue weighted by molar-refractivity contribution is 5.92. The van der Waals surface area contributed by atoms with Crippen molar-refractivity contribution in [2.45, 2.75) is 64.1 Å². The van der Waals surface area contributed by atoms with Crippen molar-refractivity contribution in [2.75, 3.05) is 35.3 Å². The average molecular weight is 489 g/mol. The molecule has 3 aromatic rings. The lowest BCUT2D eigenvalue weighted by Crippen LogP contribution is -2.54. The van der Waals surface area contributed by atoms with Gasteiger partial charge in [0.25, 0.3) is 0 Å². The number of carbonyl (C=O) groups is 1. The lowest BCUT2D eigenvalue weighted by molar-refractivity contribution is 0.239. The molecule has 2 aromatic heterocycles. The third-order valence-corrected chi connectivity index (χ3v) is 7.06. The van der Waals surface area contributed by atoms with Crippen LogP contribution in [0.5, 0.6) is 0 Å². The fraction of sp³-hybridized carbons (Fsp3) is 0.481. The van der Waals surface area contributed by atoms with Crippen LogP contribution < -0.4 is 25.8 Å². The molecule has 2 amide bonds. The summed E-state index contributed by atoms with van der Waals surface area (Å²) in [6, 6.07) is 13.1. The molecule has 5 rings (SSSR count). The van der Waals surface area contributed by atoms with Gasteiger partial charge in [-0.15, -0.1) is 0 Å². The zero-order chi connectivity index (χ0) is 25.1. The number of rotatable bonds is 5. The number of amides is 2. The van der Waals surface area contributed by atoms with Gasteiger partial charge in [0.1, 0.15) is 5.82 Å². The van der Waals surface area contributed by atoms with E-state index in [1.165, 1.54) is 24.9 Å². The summed E-state index contributed by atoms with van der Waals surface area (Å²) in [7, 11) is 1.74. The van der Waals surface area contributed by atoms with Crippen molar-refractivity contribution >= 4 is 40.2 Å². The van der Waals surface area contributed by atoms with E-state index in [2.05, 4.69) is 61.8 Å². The molecule has 1 aliphatic heterocycles. The van der Waals surface area contributed by atoms with Gasteiger partial charge < -0.3 is 20.9 Å². The van der Waals surface area contributed by atoms with Gasteiger partial charge in [0.2, 0.25) is 5.95 Å². The largest absolute Gasteiger partial charge is 0.368 e. The number of carbonyl (C=O) groups excluding carboxylic acids is 1. The van der Waals surface area contributed by atoms with E-state index >= 15 is 0 Å². The van der Waals surface area contributed by atoms with E-state index in [4.69, 9.17) is 0 Å². The fourth-order valence-electron chi connectivity index (χ4n) is 5.19. The van der Waals surface area contributed by atoms with Crippen LogP contribution in [0.3, 0.4) is 0 Å². The first-order valence-corrected chi connectivity index (χ1v) is 13.0. The highest BCUT2D eigenvalue weighted by Crippen LogP contribution is 2.23. The minimum absolute atomic E-state index is 0.130. The van der Waals surface area contributed by atoms with Crippen molar-refractivity contribution in [1.82, 2.24) is 25.6 Å². The van der Waals surface area contributed by atoms with Gasteiger partial charge >= 0.3 is 6.03 Å². The van der Waals surface area contributed by atoms with Gasteiger partial charge in [-0.1, -0.05) is 19.3 Å². The first-order valence-electron chi connectivity index (χ1n) is 13.0. The smallest absolute Gasteiger partial charge is 0.323 e.